The lowest BCUT2D eigenvalue weighted by Crippen LogP contribution is -2.61. The van der Waals surface area contributed by atoms with Crippen molar-refractivity contribution in [1.29, 1.82) is 0 Å². The van der Waals surface area contributed by atoms with Crippen molar-refractivity contribution in [2.75, 3.05) is 61.0 Å². The molecule has 2 N–H and O–H groups in total. The van der Waals surface area contributed by atoms with Gasteiger partial charge in [0.05, 0.1) is 71.8 Å². The van der Waals surface area contributed by atoms with Gasteiger partial charge in [0.25, 0.3) is 5.69 Å². The minimum atomic E-state index is -1.40. The highest BCUT2D eigenvalue weighted by atomic mass is 16.6. The molecule has 5 aromatic carbocycles. The number of nitro groups is 1. The number of nitroso groups, excluding NO2 is 1. The summed E-state index contributed by atoms with van der Waals surface area (Å²) in [5.74, 6) is -2.03. The molecule has 2 unspecified atom stereocenters. The number of anilines is 4. The summed E-state index contributed by atoms with van der Waals surface area (Å²) >= 11 is 0. The number of amides is 2. The van der Waals surface area contributed by atoms with Gasteiger partial charge < -0.3 is 48.9 Å². The third-order valence-electron chi connectivity index (χ3n) is 14.0. The number of benzene rings is 5. The van der Waals surface area contributed by atoms with Crippen LogP contribution in [0.25, 0.3) is 12.2 Å². The van der Waals surface area contributed by atoms with Crippen LogP contribution in [0.15, 0.2) is 102 Å². The number of fused-ring (bicyclic) bond motifs is 4. The molecule has 376 valence electrons. The number of nitrogens with one attached hydrogen (secondary N) is 2. The quantitative estimate of drug-likeness (QED) is 0.0457. The Morgan fingerprint density at radius 3 is 1.52 bits per heavy atom. The molecule has 19 nitrogen and oxygen atoms in total. The third-order valence-corrected chi connectivity index (χ3v) is 14.0. The monoisotopic (exact) mass is 992 g/mol. The zero-order chi connectivity index (χ0) is 52.2. The van der Waals surface area contributed by atoms with Gasteiger partial charge in [-0.15, -0.1) is 4.91 Å². The van der Waals surface area contributed by atoms with Gasteiger partial charge in [0.15, 0.2) is 23.0 Å². The summed E-state index contributed by atoms with van der Waals surface area (Å²) in [7, 11) is 2.83. The Bertz CT molecular complexity index is 3220. The normalized spacial score (nSPS) is 18.8. The molecule has 0 fully saturated rings. The number of hydrogen-bond acceptors (Lipinski definition) is 16. The van der Waals surface area contributed by atoms with E-state index in [1.54, 1.807) is 47.9 Å². The van der Waals surface area contributed by atoms with Crippen LogP contribution in [0, 0.1) is 15.0 Å². The highest BCUT2D eigenvalue weighted by Crippen LogP contribution is 2.58. The standard InChI is InChI=1S/C54H52N6O13/c1-9-70-49(63)35-28-40(56-46(62)30-59-42-18-14-12-16-38(42)52(5,6)54(59)22-20-32-24-34(60(66)67)26-44(69-8)48(32)73-54)36(50(64)71-10-2)27-39(35)55-45(61)29-58-41-17-13-11-15-37(41)51(3,4)53(58)21-19-31-23-33(57-65)25-43(68-7)47(31)72-53/h11-28H,9-10,29-30H2,1-8H3,(H,55,61)(H,56,62). The maximum absolute atomic E-state index is 14.6. The molecule has 73 heavy (non-hydrogen) atoms. The predicted octanol–water partition coefficient (Wildman–Crippen LogP) is 9.44. The SMILES string of the molecule is CCOC(=O)c1cc(NC(=O)CN2c3ccccc3C(C)(C)C23C=Cc2cc([N+](=O)[O-])cc(OC)c2O3)c(C(=O)OCC)cc1NC(=O)CN1c2ccccc2C(C)(C)C12C=Cc1cc(N=O)cc(OC)c1O2. The Balaban J connectivity index is 1.06. The van der Waals surface area contributed by atoms with Crippen molar-refractivity contribution in [3.8, 4) is 23.0 Å². The van der Waals surface area contributed by atoms with E-state index in [1.807, 2.05) is 82.3 Å². The Hall–Kier alpha value is -8.74. The van der Waals surface area contributed by atoms with Crippen LogP contribution in [0.2, 0.25) is 0 Å². The first-order chi connectivity index (χ1) is 34.9. The maximum Gasteiger partial charge on any atom is 0.340 e. The molecule has 2 atom stereocenters. The van der Waals surface area contributed by atoms with Gasteiger partial charge in [0.2, 0.25) is 23.3 Å². The van der Waals surface area contributed by atoms with Crippen molar-refractivity contribution < 1.29 is 52.5 Å². The average molecular weight is 993 g/mol. The molecule has 2 amide bonds. The fourth-order valence-corrected chi connectivity index (χ4v) is 10.4. The third kappa shape index (κ3) is 7.91. The Morgan fingerprint density at radius 1 is 0.658 bits per heavy atom. The van der Waals surface area contributed by atoms with Crippen molar-refractivity contribution in [1.82, 2.24) is 0 Å². The number of carbonyl (C=O) groups excluding carboxylic acids is 4. The minimum absolute atomic E-state index is 0.0459. The highest BCUT2D eigenvalue weighted by Gasteiger charge is 2.61. The molecule has 9 rings (SSSR count). The zero-order valence-corrected chi connectivity index (χ0v) is 41.3. The van der Waals surface area contributed by atoms with Crippen LogP contribution < -0.4 is 39.4 Å². The summed E-state index contributed by atoms with van der Waals surface area (Å²) in [5.41, 5.74) is -1.02. The molecule has 4 heterocycles. The van der Waals surface area contributed by atoms with Gasteiger partial charge in [-0.1, -0.05) is 36.4 Å². The number of methoxy groups -OCH3 is 2. The number of rotatable bonds is 14. The van der Waals surface area contributed by atoms with Crippen molar-refractivity contribution in [2.45, 2.75) is 63.8 Å². The van der Waals surface area contributed by atoms with E-state index in [9.17, 15) is 34.2 Å². The van der Waals surface area contributed by atoms with E-state index in [4.69, 9.17) is 28.4 Å². The lowest BCUT2D eigenvalue weighted by Gasteiger charge is -2.47. The Morgan fingerprint density at radius 2 is 1.10 bits per heavy atom. The van der Waals surface area contributed by atoms with Crippen molar-refractivity contribution in [3.05, 3.63) is 145 Å². The highest BCUT2D eigenvalue weighted by molar-refractivity contribution is 6.10. The zero-order valence-electron chi connectivity index (χ0n) is 41.3. The van der Waals surface area contributed by atoms with Gasteiger partial charge in [0, 0.05) is 34.6 Å². The van der Waals surface area contributed by atoms with Crippen molar-refractivity contribution in [2.24, 2.45) is 5.18 Å². The molecule has 0 aromatic heterocycles. The number of ether oxygens (including phenoxy) is 6. The van der Waals surface area contributed by atoms with Crippen LogP contribution in [0.3, 0.4) is 0 Å². The van der Waals surface area contributed by atoms with Crippen LogP contribution in [0.4, 0.5) is 34.1 Å². The van der Waals surface area contributed by atoms with Gasteiger partial charge in [-0.3, -0.25) is 19.7 Å². The molecular weight excluding hydrogens is 941 g/mol. The van der Waals surface area contributed by atoms with E-state index in [0.717, 1.165) is 11.1 Å². The fraction of sp³-hybridized carbons (Fsp3) is 0.296. The molecule has 19 heteroatoms. The number of hydrogen-bond donors (Lipinski definition) is 2. The topological polar surface area (TPSA) is 227 Å². The summed E-state index contributed by atoms with van der Waals surface area (Å²) in [5, 5.41) is 20.6. The molecule has 0 saturated carbocycles. The maximum atomic E-state index is 14.6. The van der Waals surface area contributed by atoms with Crippen molar-refractivity contribution >= 4 is 70.0 Å². The van der Waals surface area contributed by atoms with Gasteiger partial charge in [0.1, 0.15) is 18.8 Å². The first kappa shape index (κ1) is 49.2. The molecule has 4 aliphatic heterocycles. The van der Waals surface area contributed by atoms with E-state index in [2.05, 4.69) is 15.8 Å². The van der Waals surface area contributed by atoms with Crippen LogP contribution in [-0.2, 0) is 29.9 Å². The predicted molar refractivity (Wildman–Crippen MR) is 272 cm³/mol. The summed E-state index contributed by atoms with van der Waals surface area (Å²) < 4.78 is 36.0. The fourth-order valence-electron chi connectivity index (χ4n) is 10.4. The Labute approximate surface area is 419 Å². The number of carbonyl (C=O) groups is 4. The van der Waals surface area contributed by atoms with E-state index in [-0.39, 0.29) is 77.4 Å². The smallest absolute Gasteiger partial charge is 0.340 e. The number of nitro benzene ring substituents is 1. The average Bonchev–Trinajstić information content (AvgIpc) is 3.66. The first-order valence-electron chi connectivity index (χ1n) is 23.4. The van der Waals surface area contributed by atoms with E-state index >= 15 is 0 Å². The van der Waals surface area contributed by atoms with E-state index < -0.39 is 51.0 Å². The second kappa shape index (κ2) is 18.5. The van der Waals surface area contributed by atoms with Crippen molar-refractivity contribution in [3.63, 3.8) is 0 Å². The molecule has 2 spiro atoms. The summed E-state index contributed by atoms with van der Waals surface area (Å²) in [4.78, 5) is 83.4. The minimum Gasteiger partial charge on any atom is -0.493 e. The second-order valence-electron chi connectivity index (χ2n) is 18.7. The van der Waals surface area contributed by atoms with Crippen LogP contribution in [-0.4, -0.2) is 80.6 Å². The molecule has 5 aromatic rings. The van der Waals surface area contributed by atoms with E-state index in [0.29, 0.717) is 28.3 Å². The Kier molecular flexibility index (Phi) is 12.5. The molecule has 4 aliphatic rings. The van der Waals surface area contributed by atoms with Gasteiger partial charge in [-0.05, 0) is 112 Å². The molecule has 0 radical (unpaired) electrons. The number of esters is 2. The summed E-state index contributed by atoms with van der Waals surface area (Å²) in [6.45, 7) is 10.3. The van der Waals surface area contributed by atoms with Crippen LogP contribution in [0.5, 0.6) is 23.0 Å². The van der Waals surface area contributed by atoms with Crippen LogP contribution >= 0.6 is 0 Å². The molecule has 0 aliphatic carbocycles. The van der Waals surface area contributed by atoms with E-state index in [1.165, 1.54) is 44.6 Å². The number of non-ortho nitro benzene ring substituents is 1. The largest absolute Gasteiger partial charge is 0.493 e. The van der Waals surface area contributed by atoms with Crippen LogP contribution in [0.1, 0.15) is 84.5 Å². The van der Waals surface area contributed by atoms with Gasteiger partial charge >= 0.3 is 11.9 Å². The second-order valence-corrected chi connectivity index (χ2v) is 18.7. The lowest BCUT2D eigenvalue weighted by molar-refractivity contribution is -0.385. The van der Waals surface area contributed by atoms with Gasteiger partial charge in [-0.25, -0.2) is 9.59 Å². The molecular formula is C54H52N6O13. The number of para-hydroxylation sites is 2. The number of nitrogens with zero attached hydrogens (tertiary/aromatic N) is 4. The summed E-state index contributed by atoms with van der Waals surface area (Å²) in [6, 6.07) is 23.2. The summed E-state index contributed by atoms with van der Waals surface area (Å²) in [6.07, 6.45) is 7.07. The first-order valence-corrected chi connectivity index (χ1v) is 23.4. The molecule has 0 saturated heterocycles. The molecule has 0 bridgehead atoms. The van der Waals surface area contributed by atoms with Gasteiger partial charge in [-0.2, -0.15) is 0 Å². The lowest BCUT2D eigenvalue weighted by atomic mass is 9.76.